The molecule has 0 aliphatic carbocycles. The molecule has 0 bridgehead atoms. The third kappa shape index (κ3) is 5.18. The van der Waals surface area contributed by atoms with Crippen LogP contribution >= 0.6 is 0 Å². The largest absolute Gasteiger partial charge is 0.504 e. The Balaban J connectivity index is 1.88. The maximum absolute atomic E-state index is 11.0. The molecule has 0 amide bonds. The number of aliphatic hydroxyl groups excluding tert-OH is 1. The van der Waals surface area contributed by atoms with Crippen LogP contribution in [0.1, 0.15) is 57.9 Å². The van der Waals surface area contributed by atoms with E-state index in [-0.39, 0.29) is 12.4 Å². The summed E-state index contributed by atoms with van der Waals surface area (Å²) >= 11 is 0. The first-order chi connectivity index (χ1) is 11.6. The molecule has 5 nitrogen and oxygen atoms in total. The summed E-state index contributed by atoms with van der Waals surface area (Å²) in [6.45, 7) is 4.30. The number of esters is 1. The highest BCUT2D eigenvalue weighted by Gasteiger charge is 2.21. The molecule has 0 radical (unpaired) electrons. The van der Waals surface area contributed by atoms with Crippen molar-refractivity contribution < 1.29 is 24.1 Å². The van der Waals surface area contributed by atoms with Crippen LogP contribution in [-0.2, 0) is 9.53 Å². The van der Waals surface area contributed by atoms with Crippen LogP contribution in [0.15, 0.2) is 24.0 Å². The van der Waals surface area contributed by atoms with Crippen molar-refractivity contribution in [3.8, 4) is 11.5 Å². The first kappa shape index (κ1) is 18.2. The van der Waals surface area contributed by atoms with Gasteiger partial charge >= 0.3 is 5.97 Å². The van der Waals surface area contributed by atoms with E-state index in [1.807, 2.05) is 0 Å². The smallest absolute Gasteiger partial charge is 0.308 e. The standard InChI is InChI=1S/C19H26O5/c1-3-4-5-6-7-8-11-22-18-13-23-17-12-15(24-14(2)20)9-10-16(17)19(18)21/h9-10,12,21H,3-8,11,13H2,1-2H3. The zero-order chi connectivity index (χ0) is 17.4. The number of carbonyl (C=O) groups is 1. The Morgan fingerprint density at radius 2 is 1.96 bits per heavy atom. The van der Waals surface area contributed by atoms with Crippen LogP contribution in [0.5, 0.6) is 11.5 Å². The molecule has 0 fully saturated rings. The third-order valence-electron chi connectivity index (χ3n) is 3.87. The van der Waals surface area contributed by atoms with Gasteiger partial charge in [-0.05, 0) is 18.6 Å². The number of rotatable bonds is 9. The van der Waals surface area contributed by atoms with Crippen LogP contribution in [0.4, 0.5) is 0 Å². The Kier molecular flexibility index (Phi) is 6.97. The lowest BCUT2D eigenvalue weighted by molar-refractivity contribution is -0.131. The fourth-order valence-electron chi connectivity index (χ4n) is 2.60. The van der Waals surface area contributed by atoms with E-state index in [2.05, 4.69) is 6.92 Å². The minimum atomic E-state index is -0.395. The molecule has 5 heteroatoms. The fraction of sp³-hybridized carbons (Fsp3) is 0.526. The molecule has 0 atom stereocenters. The Bertz CT molecular complexity index is 591. The predicted octanol–water partition coefficient (Wildman–Crippen LogP) is 4.61. The third-order valence-corrected chi connectivity index (χ3v) is 3.87. The van der Waals surface area contributed by atoms with E-state index in [4.69, 9.17) is 14.2 Å². The Morgan fingerprint density at radius 1 is 1.21 bits per heavy atom. The molecule has 0 spiro atoms. The van der Waals surface area contributed by atoms with Crippen LogP contribution in [0.25, 0.3) is 5.76 Å². The van der Waals surface area contributed by atoms with E-state index >= 15 is 0 Å². The van der Waals surface area contributed by atoms with Gasteiger partial charge in [0.25, 0.3) is 0 Å². The maximum Gasteiger partial charge on any atom is 0.308 e. The molecular formula is C19H26O5. The van der Waals surface area contributed by atoms with Gasteiger partial charge in [-0.25, -0.2) is 0 Å². The maximum atomic E-state index is 11.0. The summed E-state index contributed by atoms with van der Waals surface area (Å²) in [5.41, 5.74) is 0.551. The van der Waals surface area contributed by atoms with E-state index < -0.39 is 5.97 Å². The summed E-state index contributed by atoms with van der Waals surface area (Å²) in [6.07, 6.45) is 7.13. The molecule has 0 saturated carbocycles. The van der Waals surface area contributed by atoms with Crippen molar-refractivity contribution in [1.82, 2.24) is 0 Å². The average molecular weight is 334 g/mol. The van der Waals surface area contributed by atoms with Gasteiger partial charge < -0.3 is 19.3 Å². The second-order valence-corrected chi connectivity index (χ2v) is 5.93. The van der Waals surface area contributed by atoms with Gasteiger partial charge in [0.05, 0.1) is 12.2 Å². The fourth-order valence-corrected chi connectivity index (χ4v) is 2.60. The lowest BCUT2D eigenvalue weighted by Gasteiger charge is -2.21. The van der Waals surface area contributed by atoms with Crippen molar-refractivity contribution in [1.29, 1.82) is 0 Å². The van der Waals surface area contributed by atoms with Crippen molar-refractivity contribution in [2.45, 2.75) is 52.4 Å². The SMILES string of the molecule is CCCCCCCCOC1=C(O)c2ccc(OC(C)=O)cc2OC1. The number of hydrogen-bond donors (Lipinski definition) is 1. The first-order valence-electron chi connectivity index (χ1n) is 8.62. The number of ether oxygens (including phenoxy) is 3. The topological polar surface area (TPSA) is 65.0 Å². The molecule has 1 heterocycles. The quantitative estimate of drug-likeness (QED) is 0.406. The molecule has 1 aliphatic rings. The molecule has 1 aromatic rings. The molecule has 2 rings (SSSR count). The van der Waals surface area contributed by atoms with Gasteiger partial charge in [-0.1, -0.05) is 39.0 Å². The highest BCUT2D eigenvalue weighted by Crippen LogP contribution is 2.34. The second-order valence-electron chi connectivity index (χ2n) is 5.93. The van der Waals surface area contributed by atoms with Gasteiger partial charge in [0.2, 0.25) is 0 Å². The minimum absolute atomic E-state index is 0.0941. The van der Waals surface area contributed by atoms with Gasteiger partial charge in [0.1, 0.15) is 18.1 Å². The predicted molar refractivity (Wildman–Crippen MR) is 92.1 cm³/mol. The van der Waals surface area contributed by atoms with Gasteiger partial charge in [-0.15, -0.1) is 0 Å². The number of carbonyl (C=O) groups excluding carboxylic acids is 1. The van der Waals surface area contributed by atoms with Gasteiger partial charge in [-0.2, -0.15) is 0 Å². The van der Waals surface area contributed by atoms with E-state index in [1.165, 1.54) is 32.6 Å². The molecular weight excluding hydrogens is 308 g/mol. The van der Waals surface area contributed by atoms with Crippen molar-refractivity contribution in [3.63, 3.8) is 0 Å². The summed E-state index contributed by atoms with van der Waals surface area (Å²) < 4.78 is 16.3. The second kappa shape index (κ2) is 9.21. The minimum Gasteiger partial charge on any atom is -0.504 e. The van der Waals surface area contributed by atoms with E-state index in [1.54, 1.807) is 18.2 Å². The molecule has 0 unspecified atom stereocenters. The first-order valence-corrected chi connectivity index (χ1v) is 8.62. The Labute approximate surface area is 143 Å². The van der Waals surface area contributed by atoms with Gasteiger partial charge in [0.15, 0.2) is 11.5 Å². The van der Waals surface area contributed by atoms with Crippen LogP contribution < -0.4 is 9.47 Å². The lowest BCUT2D eigenvalue weighted by Crippen LogP contribution is -2.14. The van der Waals surface area contributed by atoms with E-state index in [9.17, 15) is 9.90 Å². The van der Waals surface area contributed by atoms with Crippen molar-refractivity contribution in [3.05, 3.63) is 29.5 Å². The Hall–Kier alpha value is -2.17. The van der Waals surface area contributed by atoms with Crippen molar-refractivity contribution >= 4 is 11.7 Å². The molecule has 0 saturated heterocycles. The Morgan fingerprint density at radius 3 is 2.71 bits per heavy atom. The molecule has 132 valence electrons. The summed E-state index contributed by atoms with van der Waals surface area (Å²) in [5.74, 6) is 1.03. The number of unbranched alkanes of at least 4 members (excludes halogenated alkanes) is 5. The van der Waals surface area contributed by atoms with E-state index in [0.29, 0.717) is 29.4 Å². The van der Waals surface area contributed by atoms with Crippen LogP contribution in [0.3, 0.4) is 0 Å². The highest BCUT2D eigenvalue weighted by atomic mass is 16.5. The van der Waals surface area contributed by atoms with Crippen molar-refractivity contribution in [2.75, 3.05) is 13.2 Å². The van der Waals surface area contributed by atoms with Gasteiger partial charge in [-0.3, -0.25) is 4.79 Å². The van der Waals surface area contributed by atoms with Crippen LogP contribution in [-0.4, -0.2) is 24.3 Å². The highest BCUT2D eigenvalue weighted by molar-refractivity contribution is 5.72. The summed E-state index contributed by atoms with van der Waals surface area (Å²) in [5, 5.41) is 10.3. The molecule has 24 heavy (non-hydrogen) atoms. The van der Waals surface area contributed by atoms with Gasteiger partial charge in [0, 0.05) is 13.0 Å². The zero-order valence-corrected chi connectivity index (χ0v) is 14.5. The lowest BCUT2D eigenvalue weighted by atomic mass is 10.1. The summed E-state index contributed by atoms with van der Waals surface area (Å²) in [6, 6.07) is 4.88. The van der Waals surface area contributed by atoms with E-state index in [0.717, 1.165) is 12.8 Å². The van der Waals surface area contributed by atoms with Crippen LogP contribution in [0, 0.1) is 0 Å². The summed E-state index contributed by atoms with van der Waals surface area (Å²) in [4.78, 5) is 11.0. The zero-order valence-electron chi connectivity index (χ0n) is 14.5. The monoisotopic (exact) mass is 334 g/mol. The number of aliphatic hydroxyl groups is 1. The van der Waals surface area contributed by atoms with Crippen LogP contribution in [0.2, 0.25) is 0 Å². The normalized spacial score (nSPS) is 13.2. The molecule has 1 aliphatic heterocycles. The average Bonchev–Trinajstić information content (AvgIpc) is 2.55. The number of fused-ring (bicyclic) bond motifs is 1. The number of hydrogen-bond acceptors (Lipinski definition) is 5. The molecule has 1 N–H and O–H groups in total. The molecule has 0 aromatic heterocycles. The number of benzene rings is 1. The molecule has 1 aromatic carbocycles. The van der Waals surface area contributed by atoms with Crippen molar-refractivity contribution in [2.24, 2.45) is 0 Å². The summed E-state index contributed by atoms with van der Waals surface area (Å²) in [7, 11) is 0.